The van der Waals surface area contributed by atoms with Crippen LogP contribution in [0.3, 0.4) is 0 Å². The van der Waals surface area contributed by atoms with Gasteiger partial charge in [-0.25, -0.2) is 0 Å². The highest BCUT2D eigenvalue weighted by atomic mass is 16.5. The van der Waals surface area contributed by atoms with Crippen molar-refractivity contribution in [3.8, 4) is 11.3 Å². The van der Waals surface area contributed by atoms with Gasteiger partial charge in [-0.1, -0.05) is 48.5 Å². The number of benzene rings is 2. The average molecular weight is 280 g/mol. The molecule has 0 spiro atoms. The molecule has 0 atom stereocenters. The summed E-state index contributed by atoms with van der Waals surface area (Å²) in [6.45, 7) is 0.517. The van der Waals surface area contributed by atoms with E-state index in [0.29, 0.717) is 12.2 Å². The lowest BCUT2D eigenvalue weighted by Crippen LogP contribution is -2.38. The highest BCUT2D eigenvalue weighted by Crippen LogP contribution is 2.30. The summed E-state index contributed by atoms with van der Waals surface area (Å²) in [6, 6.07) is 19.3. The van der Waals surface area contributed by atoms with E-state index in [4.69, 9.17) is 4.52 Å². The van der Waals surface area contributed by atoms with Crippen molar-refractivity contribution in [2.24, 2.45) is 5.29 Å². The molecule has 0 saturated carbocycles. The van der Waals surface area contributed by atoms with Gasteiger partial charge in [-0.05, 0) is 16.8 Å². The molecule has 0 unspecified atom stereocenters. The normalized spacial score (nSPS) is 10.3. The van der Waals surface area contributed by atoms with Crippen LogP contribution < -0.4 is 4.68 Å². The summed E-state index contributed by atoms with van der Waals surface area (Å²) in [4.78, 5) is 10.4. The molecule has 3 rings (SSSR count). The summed E-state index contributed by atoms with van der Waals surface area (Å²) in [7, 11) is 0. The van der Waals surface area contributed by atoms with Gasteiger partial charge in [-0.15, -0.1) is 5.29 Å². The first-order valence-corrected chi connectivity index (χ1v) is 6.41. The van der Waals surface area contributed by atoms with Gasteiger partial charge in [0, 0.05) is 5.56 Å². The van der Waals surface area contributed by atoms with Crippen molar-refractivity contribution in [2.75, 3.05) is 0 Å². The molecule has 104 valence electrons. The predicted octanol–water partition coefficient (Wildman–Crippen LogP) is 3.36. The van der Waals surface area contributed by atoms with Crippen molar-refractivity contribution < 1.29 is 9.20 Å². The fraction of sp³-hybridized carbons (Fsp3) is 0.0667. The molecule has 0 radical (unpaired) electrons. The molecule has 0 amide bonds. The zero-order chi connectivity index (χ0) is 14.5. The maximum Gasteiger partial charge on any atom is 0.267 e. The fourth-order valence-electron chi connectivity index (χ4n) is 2.12. The van der Waals surface area contributed by atoms with Crippen molar-refractivity contribution >= 4 is 5.88 Å². The fourth-order valence-corrected chi connectivity index (χ4v) is 2.12. The molecule has 1 heterocycles. The van der Waals surface area contributed by atoms with E-state index in [1.807, 2.05) is 60.7 Å². The zero-order valence-corrected chi connectivity index (χ0v) is 11.1. The lowest BCUT2D eigenvalue weighted by molar-refractivity contribution is -0.745. The van der Waals surface area contributed by atoms with Crippen LogP contribution >= 0.6 is 0 Å². The highest BCUT2D eigenvalue weighted by Gasteiger charge is 2.21. The minimum atomic E-state index is 0.104. The minimum absolute atomic E-state index is 0.104. The van der Waals surface area contributed by atoms with Gasteiger partial charge in [-0.3, -0.25) is 0 Å². The molecule has 3 aromatic rings. The number of hydrogen-bond acceptors (Lipinski definition) is 4. The van der Waals surface area contributed by atoms with Crippen molar-refractivity contribution in [3.05, 3.63) is 76.6 Å². The van der Waals surface area contributed by atoms with Gasteiger partial charge in [0.25, 0.3) is 5.69 Å². The first kappa shape index (κ1) is 13.0. The van der Waals surface area contributed by atoms with Gasteiger partial charge >= 0.3 is 0 Å². The summed E-state index contributed by atoms with van der Waals surface area (Å²) < 4.78 is 6.78. The molecule has 0 aliphatic carbocycles. The Kier molecular flexibility index (Phi) is 3.68. The molecule has 6 heteroatoms. The maximum atomic E-state index is 10.4. The quantitative estimate of drug-likeness (QED) is 0.408. The van der Waals surface area contributed by atoms with Gasteiger partial charge < -0.3 is 9.95 Å². The van der Waals surface area contributed by atoms with Crippen molar-refractivity contribution in [1.29, 1.82) is 0 Å². The lowest BCUT2D eigenvalue weighted by Gasteiger charge is -2.04. The van der Waals surface area contributed by atoms with Crippen LogP contribution in [-0.4, -0.2) is 5.27 Å². The Hall–Kier alpha value is -3.02. The van der Waals surface area contributed by atoms with Gasteiger partial charge in [0.15, 0.2) is 11.2 Å². The Bertz CT molecular complexity index is 726. The Morgan fingerprint density at radius 3 is 2.38 bits per heavy atom. The molecule has 21 heavy (non-hydrogen) atoms. The van der Waals surface area contributed by atoms with E-state index in [1.165, 1.54) is 0 Å². The molecule has 0 fully saturated rings. The summed E-state index contributed by atoms with van der Waals surface area (Å²) in [5.41, 5.74) is 6.02. The van der Waals surface area contributed by atoms with Crippen LogP contribution in [0.2, 0.25) is 0 Å². The first-order chi connectivity index (χ1) is 10.4. The minimum Gasteiger partial charge on any atom is -0.498 e. The topological polar surface area (TPSA) is 73.4 Å². The van der Waals surface area contributed by atoms with Crippen LogP contribution in [-0.2, 0) is 6.54 Å². The van der Waals surface area contributed by atoms with E-state index in [9.17, 15) is 4.91 Å². The Morgan fingerprint density at radius 1 is 1.05 bits per heavy atom. The molecule has 0 saturated heterocycles. The third-order valence-corrected chi connectivity index (χ3v) is 3.04. The average Bonchev–Trinajstić information content (AvgIpc) is 2.92. The van der Waals surface area contributed by atoms with Gasteiger partial charge in [0.2, 0.25) is 6.54 Å². The van der Waals surface area contributed by atoms with E-state index >= 15 is 0 Å². The van der Waals surface area contributed by atoms with E-state index in [1.54, 1.807) is 4.68 Å². The number of nitrogens with zero attached hydrogens (tertiary/aromatic N) is 4. The molecular formula is C15H12N4O2. The summed E-state index contributed by atoms with van der Waals surface area (Å²) >= 11 is 0. The van der Waals surface area contributed by atoms with Crippen molar-refractivity contribution in [1.82, 2.24) is 5.27 Å². The smallest absolute Gasteiger partial charge is 0.267 e. The first-order valence-electron chi connectivity index (χ1n) is 6.41. The molecule has 0 N–H and O–H groups in total. The van der Waals surface area contributed by atoms with Crippen LogP contribution in [0, 0.1) is 4.91 Å². The monoisotopic (exact) mass is 280 g/mol. The summed E-state index contributed by atoms with van der Waals surface area (Å²) in [5, 5.41) is 6.50. The predicted molar refractivity (Wildman–Crippen MR) is 76.5 cm³/mol. The number of hydrogen-bond donors (Lipinski definition) is 0. The van der Waals surface area contributed by atoms with Crippen LogP contribution in [0.4, 0.5) is 5.88 Å². The zero-order valence-electron chi connectivity index (χ0n) is 11.1. The van der Waals surface area contributed by atoms with Gasteiger partial charge in [0.05, 0.1) is 5.56 Å². The molecular weight excluding hydrogens is 268 g/mol. The molecule has 0 aliphatic heterocycles. The summed E-state index contributed by atoms with van der Waals surface area (Å²) in [6.07, 6.45) is 0. The maximum absolute atomic E-state index is 10.4. The molecule has 1 aromatic heterocycles. The number of aromatic nitrogens is 2. The second-order valence-electron chi connectivity index (χ2n) is 4.42. The highest BCUT2D eigenvalue weighted by molar-refractivity contribution is 5.68. The number of nitroso groups, excluding NO2 is 1. The Balaban J connectivity index is 2.03. The second kappa shape index (κ2) is 5.96. The van der Waals surface area contributed by atoms with E-state index < -0.39 is 0 Å². The Labute approximate surface area is 120 Å². The summed E-state index contributed by atoms with van der Waals surface area (Å²) in [5.74, 6) is 0.104. The van der Waals surface area contributed by atoms with Crippen LogP contribution in [0.25, 0.3) is 16.7 Å². The largest absolute Gasteiger partial charge is 0.498 e. The molecule has 6 nitrogen and oxygen atoms in total. The number of rotatable bonds is 5. The van der Waals surface area contributed by atoms with Crippen molar-refractivity contribution in [2.45, 2.75) is 6.54 Å². The van der Waals surface area contributed by atoms with E-state index in [2.05, 4.69) is 16.0 Å². The Morgan fingerprint density at radius 2 is 1.71 bits per heavy atom. The standard InChI is InChI=1S/C15H12N4O2/c20-17-16-15-14(13-9-5-2-6-10-13)19(18-21-15)11-12-7-3-1-4-8-12/h1-10H,11H2. The van der Waals surface area contributed by atoms with Crippen LogP contribution in [0.5, 0.6) is 0 Å². The van der Waals surface area contributed by atoms with Crippen LogP contribution in [0.1, 0.15) is 5.56 Å². The SMILES string of the molecule is O=N[N-]c1on[n+](Cc2ccccc2)c1-c1ccccc1. The third kappa shape index (κ3) is 2.79. The van der Waals surface area contributed by atoms with Crippen LogP contribution in [0.15, 0.2) is 70.5 Å². The lowest BCUT2D eigenvalue weighted by atomic mass is 10.1. The molecule has 0 aliphatic rings. The third-order valence-electron chi connectivity index (χ3n) is 3.04. The van der Waals surface area contributed by atoms with E-state index in [0.717, 1.165) is 11.1 Å². The molecule has 0 bridgehead atoms. The van der Waals surface area contributed by atoms with Gasteiger partial charge in [-0.2, -0.15) is 4.91 Å². The second-order valence-corrected chi connectivity index (χ2v) is 4.42. The van der Waals surface area contributed by atoms with Crippen molar-refractivity contribution in [3.63, 3.8) is 0 Å². The molecule has 2 aromatic carbocycles. The van der Waals surface area contributed by atoms with Gasteiger partial charge in [0.1, 0.15) is 0 Å². The van der Waals surface area contributed by atoms with E-state index in [-0.39, 0.29) is 5.88 Å².